The van der Waals surface area contributed by atoms with E-state index in [1.807, 2.05) is 22.9 Å². The Morgan fingerprint density at radius 2 is 2.00 bits per heavy atom. The fourth-order valence-corrected chi connectivity index (χ4v) is 4.38. The van der Waals surface area contributed by atoms with Gasteiger partial charge in [0, 0.05) is 18.9 Å². The van der Waals surface area contributed by atoms with Crippen LogP contribution in [0.15, 0.2) is 42.5 Å². The predicted octanol–water partition coefficient (Wildman–Crippen LogP) is 0.775. The first-order valence-electron chi connectivity index (χ1n) is 10.1. The van der Waals surface area contributed by atoms with E-state index >= 15 is 0 Å². The van der Waals surface area contributed by atoms with Gasteiger partial charge in [-0.2, -0.15) is 0 Å². The van der Waals surface area contributed by atoms with Gasteiger partial charge >= 0.3 is 0 Å². The summed E-state index contributed by atoms with van der Waals surface area (Å²) in [6.07, 6.45) is 1.71. The van der Waals surface area contributed by atoms with Gasteiger partial charge < -0.3 is 10.2 Å². The largest absolute Gasteiger partial charge is 0.327 e. The van der Waals surface area contributed by atoms with E-state index < -0.39 is 0 Å². The van der Waals surface area contributed by atoms with Gasteiger partial charge in [-0.3, -0.25) is 14.5 Å². The standard InChI is InChI=1S/C21H21FN6O2/c22-14-5-6-19-17(11-14)24-25-28(19)15-7-9-26(10-8-15)13-21(30)27-12-20(29)23-16-3-1-2-4-18(16)27/h1-6,11,15H,7-10,12-13H2,(H,23,29)/p+1. The van der Waals surface area contributed by atoms with Crippen LogP contribution >= 0.6 is 0 Å². The summed E-state index contributed by atoms with van der Waals surface area (Å²) >= 11 is 0. The van der Waals surface area contributed by atoms with Crippen molar-refractivity contribution in [2.24, 2.45) is 0 Å². The molecule has 0 saturated carbocycles. The number of hydrogen-bond donors (Lipinski definition) is 2. The van der Waals surface area contributed by atoms with E-state index in [-0.39, 0.29) is 30.2 Å². The molecule has 1 saturated heterocycles. The average Bonchev–Trinajstić information content (AvgIpc) is 3.16. The lowest BCUT2D eigenvalue weighted by molar-refractivity contribution is -0.897. The number of rotatable bonds is 3. The topological polar surface area (TPSA) is 84.6 Å². The Morgan fingerprint density at radius 1 is 1.20 bits per heavy atom. The third-order valence-corrected chi connectivity index (χ3v) is 5.91. The van der Waals surface area contributed by atoms with E-state index in [0.717, 1.165) is 37.1 Å². The van der Waals surface area contributed by atoms with Gasteiger partial charge in [-0.1, -0.05) is 17.3 Å². The number of anilines is 2. The van der Waals surface area contributed by atoms with Crippen LogP contribution in [0, 0.1) is 5.82 Å². The third-order valence-electron chi connectivity index (χ3n) is 5.91. The second-order valence-corrected chi connectivity index (χ2v) is 7.87. The molecule has 5 rings (SSSR count). The van der Waals surface area contributed by atoms with Crippen LogP contribution in [-0.4, -0.2) is 53.0 Å². The summed E-state index contributed by atoms with van der Waals surface area (Å²) in [5.74, 6) is -0.544. The van der Waals surface area contributed by atoms with Crippen molar-refractivity contribution in [3.05, 3.63) is 48.3 Å². The number of fused-ring (bicyclic) bond motifs is 2. The number of carbonyl (C=O) groups excluding carboxylic acids is 2. The third kappa shape index (κ3) is 3.41. The van der Waals surface area contributed by atoms with Gasteiger partial charge in [0.1, 0.15) is 17.9 Å². The summed E-state index contributed by atoms with van der Waals surface area (Å²) in [5.41, 5.74) is 2.81. The normalized spacial score (nSPS) is 21.4. The molecule has 0 unspecified atom stereocenters. The van der Waals surface area contributed by atoms with E-state index in [9.17, 15) is 14.0 Å². The molecule has 30 heavy (non-hydrogen) atoms. The van der Waals surface area contributed by atoms with Gasteiger partial charge in [-0.25, -0.2) is 9.07 Å². The minimum absolute atomic E-state index is 0.0487. The fraction of sp³-hybridized carbons (Fsp3) is 0.333. The number of nitrogens with one attached hydrogen (secondary N) is 2. The van der Waals surface area contributed by atoms with Crippen LogP contribution in [0.5, 0.6) is 0 Å². The first-order valence-corrected chi connectivity index (χ1v) is 10.1. The van der Waals surface area contributed by atoms with Crippen LogP contribution in [0.25, 0.3) is 11.0 Å². The Bertz CT molecular complexity index is 1120. The van der Waals surface area contributed by atoms with Crippen LogP contribution in [0.2, 0.25) is 0 Å². The molecule has 9 heteroatoms. The molecule has 2 aliphatic rings. The first kappa shape index (κ1) is 18.7. The highest BCUT2D eigenvalue weighted by atomic mass is 19.1. The number of likely N-dealkylation sites (tertiary alicyclic amines) is 1. The summed E-state index contributed by atoms with van der Waals surface area (Å²) in [4.78, 5) is 27.7. The van der Waals surface area contributed by atoms with Crippen molar-refractivity contribution in [1.82, 2.24) is 15.0 Å². The molecule has 2 aromatic carbocycles. The van der Waals surface area contributed by atoms with Crippen LogP contribution < -0.4 is 15.1 Å². The summed E-state index contributed by atoms with van der Waals surface area (Å²) in [5, 5.41) is 11.1. The fourth-order valence-electron chi connectivity index (χ4n) is 4.38. The molecule has 0 bridgehead atoms. The molecule has 0 spiro atoms. The lowest BCUT2D eigenvalue weighted by Gasteiger charge is -2.32. The van der Waals surface area contributed by atoms with Gasteiger partial charge in [0.15, 0.2) is 6.54 Å². The summed E-state index contributed by atoms with van der Waals surface area (Å²) < 4.78 is 15.3. The molecule has 3 heterocycles. The number of hydrogen-bond acceptors (Lipinski definition) is 4. The SMILES string of the molecule is O=C1CN(C(=O)C[NH+]2CCC(n3nnc4cc(F)ccc43)CC2)c2ccccc2N1. The van der Waals surface area contributed by atoms with Crippen LogP contribution in [0.3, 0.4) is 0 Å². The number of carbonyl (C=O) groups is 2. The second-order valence-electron chi connectivity index (χ2n) is 7.87. The Labute approximate surface area is 172 Å². The van der Waals surface area contributed by atoms with Crippen LogP contribution in [0.1, 0.15) is 18.9 Å². The maximum Gasteiger partial charge on any atom is 0.282 e. The number of aromatic nitrogens is 3. The van der Waals surface area contributed by atoms with Crippen molar-refractivity contribution >= 4 is 34.2 Å². The zero-order valence-electron chi connectivity index (χ0n) is 16.3. The number of para-hydroxylation sites is 2. The van der Waals surface area contributed by atoms with Crippen molar-refractivity contribution < 1.29 is 18.9 Å². The number of piperidine rings is 1. The number of benzene rings is 2. The van der Waals surface area contributed by atoms with Gasteiger partial charge in [-0.15, -0.1) is 5.10 Å². The zero-order chi connectivity index (χ0) is 20.7. The Balaban J connectivity index is 1.24. The molecular weight excluding hydrogens is 387 g/mol. The lowest BCUT2D eigenvalue weighted by Crippen LogP contribution is -3.14. The highest BCUT2D eigenvalue weighted by molar-refractivity contribution is 6.10. The Kier molecular flexibility index (Phi) is 4.66. The maximum atomic E-state index is 13.4. The number of quaternary nitrogens is 1. The Hall–Kier alpha value is -3.33. The van der Waals surface area contributed by atoms with Crippen LogP contribution in [-0.2, 0) is 9.59 Å². The van der Waals surface area contributed by atoms with Crippen molar-refractivity contribution in [3.8, 4) is 0 Å². The Morgan fingerprint density at radius 3 is 2.83 bits per heavy atom. The van der Waals surface area contributed by atoms with Gasteiger partial charge in [0.05, 0.1) is 36.0 Å². The van der Waals surface area contributed by atoms with Crippen LogP contribution in [0.4, 0.5) is 15.8 Å². The highest BCUT2D eigenvalue weighted by Gasteiger charge is 2.31. The summed E-state index contributed by atoms with van der Waals surface area (Å²) in [6.45, 7) is 2.03. The van der Waals surface area contributed by atoms with E-state index in [0.29, 0.717) is 17.7 Å². The van der Waals surface area contributed by atoms with Gasteiger partial charge in [0.2, 0.25) is 5.91 Å². The number of nitrogens with zero attached hydrogens (tertiary/aromatic N) is 4. The molecule has 0 atom stereocenters. The van der Waals surface area contributed by atoms with E-state index in [1.165, 1.54) is 17.0 Å². The molecule has 1 fully saturated rings. The molecule has 2 amide bonds. The number of halogens is 1. The molecule has 154 valence electrons. The zero-order valence-corrected chi connectivity index (χ0v) is 16.3. The first-order chi connectivity index (χ1) is 14.6. The van der Waals surface area contributed by atoms with Crippen molar-refractivity contribution in [3.63, 3.8) is 0 Å². The molecule has 3 aromatic rings. The molecular formula is C21H22FN6O2+. The molecule has 1 aromatic heterocycles. The van der Waals surface area contributed by atoms with E-state index in [1.54, 1.807) is 17.0 Å². The lowest BCUT2D eigenvalue weighted by atomic mass is 10.0. The molecule has 8 nitrogen and oxygen atoms in total. The van der Waals surface area contributed by atoms with Gasteiger partial charge in [-0.05, 0) is 24.3 Å². The molecule has 2 N–H and O–H groups in total. The summed E-state index contributed by atoms with van der Waals surface area (Å²) in [7, 11) is 0. The highest BCUT2D eigenvalue weighted by Crippen LogP contribution is 2.28. The molecule has 0 radical (unpaired) electrons. The minimum atomic E-state index is -0.319. The smallest absolute Gasteiger partial charge is 0.282 e. The monoisotopic (exact) mass is 409 g/mol. The van der Waals surface area contributed by atoms with Crippen molar-refractivity contribution in [1.29, 1.82) is 0 Å². The predicted molar refractivity (Wildman–Crippen MR) is 109 cm³/mol. The molecule has 0 aliphatic carbocycles. The van der Waals surface area contributed by atoms with Crippen molar-refractivity contribution in [2.75, 3.05) is 36.4 Å². The van der Waals surface area contributed by atoms with E-state index in [2.05, 4.69) is 15.6 Å². The average molecular weight is 409 g/mol. The number of amides is 2. The second kappa shape index (κ2) is 7.49. The van der Waals surface area contributed by atoms with E-state index in [4.69, 9.17) is 0 Å². The van der Waals surface area contributed by atoms with Crippen molar-refractivity contribution in [2.45, 2.75) is 18.9 Å². The molecule has 2 aliphatic heterocycles. The quantitative estimate of drug-likeness (QED) is 0.670. The maximum absolute atomic E-state index is 13.4. The van der Waals surface area contributed by atoms with Gasteiger partial charge in [0.25, 0.3) is 5.91 Å². The summed E-state index contributed by atoms with van der Waals surface area (Å²) in [6, 6.07) is 12.1. The minimum Gasteiger partial charge on any atom is -0.327 e.